The fourth-order valence-corrected chi connectivity index (χ4v) is 3.70. The highest BCUT2D eigenvalue weighted by Crippen LogP contribution is 2.38. The zero-order chi connectivity index (χ0) is 12.7. The summed E-state index contributed by atoms with van der Waals surface area (Å²) in [6, 6.07) is 0.508. The maximum Gasteiger partial charge on any atom is 0.0787 e. The largest absolute Gasteiger partial charge is 0.368 e. The maximum atomic E-state index is 6.12. The van der Waals surface area contributed by atoms with Crippen LogP contribution in [0.15, 0.2) is 0 Å². The van der Waals surface area contributed by atoms with Gasteiger partial charge in [0.1, 0.15) is 0 Å². The van der Waals surface area contributed by atoms with E-state index in [1.54, 1.807) is 0 Å². The van der Waals surface area contributed by atoms with Gasteiger partial charge in [-0.25, -0.2) is 0 Å². The summed E-state index contributed by atoms with van der Waals surface area (Å²) in [5.74, 6) is 1.83. The molecule has 0 amide bonds. The fourth-order valence-electron chi connectivity index (χ4n) is 3.70. The van der Waals surface area contributed by atoms with E-state index in [2.05, 4.69) is 39.9 Å². The van der Waals surface area contributed by atoms with Crippen molar-refractivity contribution in [1.29, 1.82) is 0 Å². The lowest BCUT2D eigenvalue weighted by atomic mass is 9.93. The van der Waals surface area contributed by atoms with Crippen LogP contribution in [0.1, 0.15) is 60.3 Å². The van der Waals surface area contributed by atoms with Crippen LogP contribution in [0, 0.1) is 11.8 Å². The standard InChI is InChI=1S/C15H29NO/c1-11-6-7-12(8-11)10-16-13-9-14(2,3)17-15(13,4)5/h11-13,16H,6-10H2,1-5H3. The lowest BCUT2D eigenvalue weighted by Crippen LogP contribution is -2.44. The molecule has 1 aliphatic carbocycles. The molecule has 2 fully saturated rings. The van der Waals surface area contributed by atoms with Gasteiger partial charge in [-0.05, 0) is 65.3 Å². The second-order valence-corrected chi connectivity index (χ2v) is 7.41. The Hall–Kier alpha value is -0.0800. The lowest BCUT2D eigenvalue weighted by Gasteiger charge is -2.28. The highest BCUT2D eigenvalue weighted by atomic mass is 16.5. The van der Waals surface area contributed by atoms with E-state index in [1.807, 2.05) is 0 Å². The molecule has 100 valence electrons. The van der Waals surface area contributed by atoms with Crippen LogP contribution in [0.4, 0.5) is 0 Å². The van der Waals surface area contributed by atoms with Gasteiger partial charge in [-0.15, -0.1) is 0 Å². The Balaban J connectivity index is 1.83. The highest BCUT2D eigenvalue weighted by Gasteiger charge is 2.45. The van der Waals surface area contributed by atoms with Gasteiger partial charge >= 0.3 is 0 Å². The summed E-state index contributed by atoms with van der Waals surface area (Å²) in [6.07, 6.45) is 5.36. The van der Waals surface area contributed by atoms with Crippen LogP contribution in [0.25, 0.3) is 0 Å². The summed E-state index contributed by atoms with van der Waals surface area (Å²) in [5.41, 5.74) is 0.0118. The Morgan fingerprint density at radius 1 is 1.18 bits per heavy atom. The van der Waals surface area contributed by atoms with Crippen molar-refractivity contribution in [3.8, 4) is 0 Å². The SMILES string of the molecule is CC1CCC(CNC2CC(C)(C)OC2(C)C)C1. The average molecular weight is 239 g/mol. The Bertz CT molecular complexity index is 272. The minimum Gasteiger partial charge on any atom is -0.368 e. The van der Waals surface area contributed by atoms with E-state index in [-0.39, 0.29) is 11.2 Å². The first-order chi connectivity index (χ1) is 7.78. The Morgan fingerprint density at radius 2 is 1.88 bits per heavy atom. The van der Waals surface area contributed by atoms with Gasteiger partial charge in [-0.1, -0.05) is 13.3 Å². The van der Waals surface area contributed by atoms with Crippen molar-refractivity contribution in [2.45, 2.75) is 77.5 Å². The summed E-state index contributed by atoms with van der Waals surface area (Å²) in [7, 11) is 0. The van der Waals surface area contributed by atoms with Gasteiger partial charge in [0.15, 0.2) is 0 Å². The third-order valence-electron chi connectivity index (χ3n) is 4.53. The first kappa shape index (κ1) is 13.4. The molecule has 1 saturated heterocycles. The third-order valence-corrected chi connectivity index (χ3v) is 4.53. The summed E-state index contributed by atoms with van der Waals surface area (Å²) in [6.45, 7) is 12.4. The van der Waals surface area contributed by atoms with Crippen LogP contribution in [0.2, 0.25) is 0 Å². The summed E-state index contributed by atoms with van der Waals surface area (Å²) < 4.78 is 6.12. The molecule has 0 aromatic heterocycles. The molecule has 0 radical (unpaired) electrons. The third kappa shape index (κ3) is 3.23. The molecule has 0 spiro atoms. The van der Waals surface area contributed by atoms with E-state index < -0.39 is 0 Å². The first-order valence-electron chi connectivity index (χ1n) is 7.22. The van der Waals surface area contributed by atoms with Gasteiger partial charge in [-0.3, -0.25) is 0 Å². The van der Waals surface area contributed by atoms with Crippen molar-refractivity contribution in [2.75, 3.05) is 6.54 Å². The van der Waals surface area contributed by atoms with E-state index in [4.69, 9.17) is 4.74 Å². The zero-order valence-electron chi connectivity index (χ0n) is 12.2. The van der Waals surface area contributed by atoms with Crippen LogP contribution in [-0.2, 0) is 4.74 Å². The normalized spacial score (nSPS) is 39.7. The quantitative estimate of drug-likeness (QED) is 0.815. The number of hydrogen-bond donors (Lipinski definition) is 1. The van der Waals surface area contributed by atoms with Crippen LogP contribution >= 0.6 is 0 Å². The van der Waals surface area contributed by atoms with Crippen molar-refractivity contribution in [3.63, 3.8) is 0 Å². The molecule has 1 N–H and O–H groups in total. The summed E-state index contributed by atoms with van der Waals surface area (Å²) in [5, 5.41) is 3.76. The van der Waals surface area contributed by atoms with Crippen LogP contribution < -0.4 is 5.32 Å². The maximum absolute atomic E-state index is 6.12. The molecular formula is C15H29NO. The minimum atomic E-state index is -0.0201. The molecule has 2 nitrogen and oxygen atoms in total. The number of ether oxygens (including phenoxy) is 1. The molecule has 2 heteroatoms. The lowest BCUT2D eigenvalue weighted by molar-refractivity contribution is -0.0699. The van der Waals surface area contributed by atoms with Gasteiger partial charge in [0.25, 0.3) is 0 Å². The molecule has 3 unspecified atom stereocenters. The molecule has 2 aliphatic rings. The first-order valence-corrected chi connectivity index (χ1v) is 7.22. The van der Waals surface area contributed by atoms with Crippen molar-refractivity contribution in [1.82, 2.24) is 5.32 Å². The Kier molecular flexibility index (Phi) is 3.57. The van der Waals surface area contributed by atoms with Crippen LogP contribution in [0.3, 0.4) is 0 Å². The van der Waals surface area contributed by atoms with Crippen LogP contribution in [0.5, 0.6) is 0 Å². The molecule has 0 aromatic carbocycles. The molecule has 17 heavy (non-hydrogen) atoms. The molecule has 1 saturated carbocycles. The fraction of sp³-hybridized carbons (Fsp3) is 1.00. The average Bonchev–Trinajstić information content (AvgIpc) is 2.64. The zero-order valence-corrected chi connectivity index (χ0v) is 12.2. The topological polar surface area (TPSA) is 21.3 Å². The predicted molar refractivity (Wildman–Crippen MR) is 72.2 cm³/mol. The molecular weight excluding hydrogens is 210 g/mol. The van der Waals surface area contributed by atoms with Gasteiger partial charge in [0.2, 0.25) is 0 Å². The monoisotopic (exact) mass is 239 g/mol. The molecule has 3 atom stereocenters. The van der Waals surface area contributed by atoms with Crippen molar-refractivity contribution in [2.24, 2.45) is 11.8 Å². The van der Waals surface area contributed by atoms with Gasteiger partial charge < -0.3 is 10.1 Å². The summed E-state index contributed by atoms with van der Waals surface area (Å²) in [4.78, 5) is 0. The molecule has 1 aliphatic heterocycles. The van der Waals surface area contributed by atoms with E-state index in [0.717, 1.165) is 18.3 Å². The Morgan fingerprint density at radius 3 is 2.35 bits per heavy atom. The van der Waals surface area contributed by atoms with Crippen molar-refractivity contribution >= 4 is 0 Å². The second kappa shape index (κ2) is 4.55. The smallest absolute Gasteiger partial charge is 0.0787 e. The molecule has 0 bridgehead atoms. The number of nitrogens with one attached hydrogen (secondary N) is 1. The van der Waals surface area contributed by atoms with Crippen molar-refractivity contribution < 1.29 is 4.74 Å². The van der Waals surface area contributed by atoms with Crippen LogP contribution in [-0.4, -0.2) is 23.8 Å². The number of rotatable bonds is 3. The van der Waals surface area contributed by atoms with Gasteiger partial charge in [0.05, 0.1) is 11.2 Å². The molecule has 0 aromatic rings. The summed E-state index contributed by atoms with van der Waals surface area (Å²) >= 11 is 0. The van der Waals surface area contributed by atoms with E-state index in [1.165, 1.54) is 25.8 Å². The molecule has 1 heterocycles. The van der Waals surface area contributed by atoms with Gasteiger partial charge in [0, 0.05) is 6.04 Å². The van der Waals surface area contributed by atoms with E-state index in [0.29, 0.717) is 6.04 Å². The predicted octanol–water partition coefficient (Wildman–Crippen LogP) is 3.36. The van der Waals surface area contributed by atoms with E-state index >= 15 is 0 Å². The van der Waals surface area contributed by atoms with Gasteiger partial charge in [-0.2, -0.15) is 0 Å². The second-order valence-electron chi connectivity index (χ2n) is 7.41. The van der Waals surface area contributed by atoms with Crippen molar-refractivity contribution in [3.05, 3.63) is 0 Å². The highest BCUT2D eigenvalue weighted by molar-refractivity contribution is 4.99. The Labute approximate surface area is 107 Å². The molecule has 2 rings (SSSR count). The number of hydrogen-bond acceptors (Lipinski definition) is 2. The minimum absolute atomic E-state index is 0.0201. The van der Waals surface area contributed by atoms with E-state index in [9.17, 15) is 0 Å².